The summed E-state index contributed by atoms with van der Waals surface area (Å²) in [7, 11) is 0. The van der Waals surface area contributed by atoms with Crippen molar-refractivity contribution in [1.82, 2.24) is 4.98 Å². The molecule has 0 aliphatic carbocycles. The number of halogens is 1. The van der Waals surface area contributed by atoms with Crippen molar-refractivity contribution in [1.29, 1.82) is 0 Å². The Kier molecular flexibility index (Phi) is 3.51. The van der Waals surface area contributed by atoms with E-state index in [2.05, 4.69) is 10.3 Å². The van der Waals surface area contributed by atoms with Crippen LogP contribution in [0.15, 0.2) is 22.6 Å². The largest absolute Gasteiger partial charge is 0.478 e. The molecule has 1 heterocycles. The normalized spacial score (nSPS) is 10.3. The molecule has 6 nitrogen and oxygen atoms in total. The molecule has 1 aromatic carbocycles. The highest BCUT2D eigenvalue weighted by Crippen LogP contribution is 2.17. The van der Waals surface area contributed by atoms with Crippen LogP contribution in [0, 0.1) is 19.7 Å². The molecule has 0 unspecified atom stereocenters. The van der Waals surface area contributed by atoms with Crippen molar-refractivity contribution in [2.45, 2.75) is 13.8 Å². The van der Waals surface area contributed by atoms with Gasteiger partial charge in [-0.05, 0) is 25.1 Å². The standard InChI is InChI=1S/C13H11FN2O4/c1-6-11(20-7(2)15-6)12(17)16-8-3-4-9(13(18)19)10(14)5-8/h3-5H,1-2H3,(H,16,17)(H,18,19). The fourth-order valence-corrected chi connectivity index (χ4v) is 1.70. The summed E-state index contributed by atoms with van der Waals surface area (Å²) in [5.74, 6) is -2.50. The molecule has 0 bridgehead atoms. The van der Waals surface area contributed by atoms with Gasteiger partial charge in [0.25, 0.3) is 5.91 Å². The third kappa shape index (κ3) is 2.66. The number of aromatic carboxylic acids is 1. The summed E-state index contributed by atoms with van der Waals surface area (Å²) < 4.78 is 18.6. The molecular formula is C13H11FN2O4. The Labute approximate surface area is 113 Å². The lowest BCUT2D eigenvalue weighted by Gasteiger charge is -2.05. The topological polar surface area (TPSA) is 92.4 Å². The van der Waals surface area contributed by atoms with Gasteiger partial charge in [0.1, 0.15) is 5.82 Å². The van der Waals surface area contributed by atoms with Crippen molar-refractivity contribution in [3.8, 4) is 0 Å². The maximum atomic E-state index is 13.5. The van der Waals surface area contributed by atoms with Crippen molar-refractivity contribution in [3.63, 3.8) is 0 Å². The molecule has 2 aromatic rings. The van der Waals surface area contributed by atoms with E-state index in [4.69, 9.17) is 9.52 Å². The molecule has 0 radical (unpaired) electrons. The van der Waals surface area contributed by atoms with Gasteiger partial charge in [-0.25, -0.2) is 14.2 Å². The van der Waals surface area contributed by atoms with Crippen molar-refractivity contribution in [2.24, 2.45) is 0 Å². The van der Waals surface area contributed by atoms with E-state index >= 15 is 0 Å². The second-order valence-electron chi connectivity index (χ2n) is 4.10. The number of anilines is 1. The van der Waals surface area contributed by atoms with E-state index < -0.39 is 23.3 Å². The molecule has 0 atom stereocenters. The third-order valence-corrected chi connectivity index (χ3v) is 2.57. The maximum absolute atomic E-state index is 13.5. The first-order valence-electron chi connectivity index (χ1n) is 5.66. The summed E-state index contributed by atoms with van der Waals surface area (Å²) in [4.78, 5) is 26.5. The fraction of sp³-hybridized carbons (Fsp3) is 0.154. The maximum Gasteiger partial charge on any atom is 0.338 e. The molecule has 1 aromatic heterocycles. The highest BCUT2D eigenvalue weighted by molar-refractivity contribution is 6.03. The first-order valence-corrected chi connectivity index (χ1v) is 5.66. The molecule has 0 saturated carbocycles. The summed E-state index contributed by atoms with van der Waals surface area (Å²) in [5, 5.41) is 11.1. The SMILES string of the molecule is Cc1nc(C)c(C(=O)Nc2ccc(C(=O)O)c(F)c2)o1. The van der Waals surface area contributed by atoms with Crippen LogP contribution in [0.4, 0.5) is 10.1 Å². The van der Waals surface area contributed by atoms with Crippen molar-refractivity contribution in [2.75, 3.05) is 5.32 Å². The molecule has 1 amide bonds. The van der Waals surface area contributed by atoms with Crippen LogP contribution >= 0.6 is 0 Å². The molecular weight excluding hydrogens is 267 g/mol. The van der Waals surface area contributed by atoms with Crippen LogP contribution in [0.5, 0.6) is 0 Å². The highest BCUT2D eigenvalue weighted by Gasteiger charge is 2.17. The molecule has 0 aliphatic heterocycles. The Morgan fingerprint density at radius 3 is 2.55 bits per heavy atom. The minimum absolute atomic E-state index is 0.0326. The lowest BCUT2D eigenvalue weighted by Crippen LogP contribution is -2.13. The third-order valence-electron chi connectivity index (χ3n) is 2.57. The van der Waals surface area contributed by atoms with Gasteiger partial charge in [-0.3, -0.25) is 4.79 Å². The zero-order chi connectivity index (χ0) is 14.9. The first kappa shape index (κ1) is 13.7. The predicted molar refractivity (Wildman–Crippen MR) is 67.3 cm³/mol. The van der Waals surface area contributed by atoms with Crippen LogP contribution in [0.25, 0.3) is 0 Å². The number of nitrogens with one attached hydrogen (secondary N) is 1. The average molecular weight is 278 g/mol. The first-order chi connectivity index (χ1) is 9.38. The summed E-state index contributed by atoms with van der Waals surface area (Å²) in [6.45, 7) is 3.21. The van der Waals surface area contributed by atoms with E-state index in [0.717, 1.165) is 12.1 Å². The molecule has 0 saturated heterocycles. The average Bonchev–Trinajstić information content (AvgIpc) is 2.68. The number of oxazole rings is 1. The fourth-order valence-electron chi connectivity index (χ4n) is 1.70. The minimum Gasteiger partial charge on any atom is -0.478 e. The summed E-state index contributed by atoms with van der Waals surface area (Å²) >= 11 is 0. The van der Waals surface area contributed by atoms with Gasteiger partial charge in [0.15, 0.2) is 5.89 Å². The van der Waals surface area contributed by atoms with E-state index in [9.17, 15) is 14.0 Å². The van der Waals surface area contributed by atoms with Crippen LogP contribution < -0.4 is 5.32 Å². The molecule has 7 heteroatoms. The lowest BCUT2D eigenvalue weighted by atomic mass is 10.2. The Morgan fingerprint density at radius 2 is 2.05 bits per heavy atom. The monoisotopic (exact) mass is 278 g/mol. The number of carboxylic acids is 1. The minimum atomic E-state index is -1.37. The van der Waals surface area contributed by atoms with Gasteiger partial charge >= 0.3 is 5.97 Å². The second-order valence-corrected chi connectivity index (χ2v) is 4.10. The Hall–Kier alpha value is -2.70. The van der Waals surface area contributed by atoms with E-state index in [-0.39, 0.29) is 11.4 Å². The van der Waals surface area contributed by atoms with Crippen LogP contribution in [-0.4, -0.2) is 22.0 Å². The lowest BCUT2D eigenvalue weighted by molar-refractivity contribution is 0.0692. The molecule has 104 valence electrons. The second kappa shape index (κ2) is 5.12. The molecule has 2 N–H and O–H groups in total. The number of nitrogens with zero attached hydrogens (tertiary/aromatic N) is 1. The van der Waals surface area contributed by atoms with Gasteiger partial charge < -0.3 is 14.8 Å². The van der Waals surface area contributed by atoms with Crippen LogP contribution in [0.2, 0.25) is 0 Å². The number of hydrogen-bond acceptors (Lipinski definition) is 4. The molecule has 0 spiro atoms. The number of aromatic nitrogens is 1. The molecule has 0 fully saturated rings. The van der Waals surface area contributed by atoms with Gasteiger partial charge in [-0.15, -0.1) is 0 Å². The van der Waals surface area contributed by atoms with Gasteiger partial charge in [-0.1, -0.05) is 0 Å². The van der Waals surface area contributed by atoms with Gasteiger partial charge in [0, 0.05) is 12.6 Å². The quantitative estimate of drug-likeness (QED) is 0.899. The van der Waals surface area contributed by atoms with E-state index in [1.165, 1.54) is 6.07 Å². The van der Waals surface area contributed by atoms with Crippen LogP contribution in [0.3, 0.4) is 0 Å². The van der Waals surface area contributed by atoms with E-state index in [0.29, 0.717) is 11.6 Å². The smallest absolute Gasteiger partial charge is 0.338 e. The number of benzene rings is 1. The van der Waals surface area contributed by atoms with Gasteiger partial charge in [-0.2, -0.15) is 0 Å². The summed E-state index contributed by atoms with van der Waals surface area (Å²) in [5.41, 5.74) is 0.0864. The van der Waals surface area contributed by atoms with E-state index in [1.807, 2.05) is 0 Å². The highest BCUT2D eigenvalue weighted by atomic mass is 19.1. The van der Waals surface area contributed by atoms with Crippen molar-refractivity contribution < 1.29 is 23.5 Å². The zero-order valence-corrected chi connectivity index (χ0v) is 10.7. The number of hydrogen-bond donors (Lipinski definition) is 2. The molecule has 20 heavy (non-hydrogen) atoms. The van der Waals surface area contributed by atoms with Crippen LogP contribution in [0.1, 0.15) is 32.5 Å². The number of aryl methyl sites for hydroxylation is 2. The van der Waals surface area contributed by atoms with Crippen molar-refractivity contribution in [3.05, 3.63) is 46.9 Å². The Bertz CT molecular complexity index is 694. The van der Waals surface area contributed by atoms with Crippen molar-refractivity contribution >= 4 is 17.6 Å². The van der Waals surface area contributed by atoms with E-state index in [1.54, 1.807) is 13.8 Å². The Morgan fingerprint density at radius 1 is 1.35 bits per heavy atom. The summed E-state index contributed by atoms with van der Waals surface area (Å²) in [6.07, 6.45) is 0. The number of amides is 1. The number of carboxylic acid groups (broad SMARTS) is 1. The number of rotatable bonds is 3. The van der Waals surface area contributed by atoms with Gasteiger partial charge in [0.05, 0.1) is 11.3 Å². The summed E-state index contributed by atoms with van der Waals surface area (Å²) in [6, 6.07) is 3.30. The van der Waals surface area contributed by atoms with Gasteiger partial charge in [0.2, 0.25) is 5.76 Å². The molecule has 2 rings (SSSR count). The number of carbonyl (C=O) groups is 2. The zero-order valence-electron chi connectivity index (χ0n) is 10.7. The predicted octanol–water partition coefficient (Wildman–Crippen LogP) is 2.38. The van der Waals surface area contributed by atoms with Crippen LogP contribution in [-0.2, 0) is 0 Å². The number of carbonyl (C=O) groups excluding carboxylic acids is 1. The molecule has 0 aliphatic rings. The Balaban J connectivity index is 2.22.